The van der Waals surface area contributed by atoms with Crippen molar-refractivity contribution in [2.45, 2.75) is 12.6 Å². The molecule has 2 aromatic carbocycles. The van der Waals surface area contributed by atoms with E-state index in [1.165, 1.54) is 19.4 Å². The normalized spacial score (nSPS) is 11.4. The number of fused-ring (bicyclic) bond motifs is 1. The number of alkyl halides is 3. The molecule has 0 fully saturated rings. The second kappa shape index (κ2) is 7.03. The second-order valence-corrected chi connectivity index (χ2v) is 5.59. The van der Waals surface area contributed by atoms with Gasteiger partial charge in [-0.15, -0.1) is 0 Å². The highest BCUT2D eigenvalue weighted by molar-refractivity contribution is 5.95. The first-order valence-corrected chi connectivity index (χ1v) is 7.77. The molecule has 134 valence electrons. The number of hydrogen-bond donors (Lipinski definition) is 1. The smallest absolute Gasteiger partial charge is 0.418 e. The highest BCUT2D eigenvalue weighted by Crippen LogP contribution is 2.36. The number of benzene rings is 2. The van der Waals surface area contributed by atoms with Crippen molar-refractivity contribution in [1.29, 1.82) is 0 Å². The number of halogens is 3. The fourth-order valence-electron chi connectivity index (χ4n) is 2.68. The van der Waals surface area contributed by atoms with E-state index in [0.29, 0.717) is 22.3 Å². The van der Waals surface area contributed by atoms with Gasteiger partial charge in [-0.1, -0.05) is 30.3 Å². The molecular formula is C19H15F3N2O2. The molecule has 0 saturated carbocycles. The fourth-order valence-corrected chi connectivity index (χ4v) is 2.68. The number of carbonyl (C=O) groups excluding carboxylic acids is 1. The van der Waals surface area contributed by atoms with Crippen LogP contribution in [-0.2, 0) is 22.1 Å². The minimum absolute atomic E-state index is 0.0521. The second-order valence-electron chi connectivity index (χ2n) is 5.59. The van der Waals surface area contributed by atoms with Gasteiger partial charge in [0.05, 0.1) is 24.6 Å². The lowest BCUT2D eigenvalue weighted by Gasteiger charge is -2.15. The van der Waals surface area contributed by atoms with E-state index in [1.807, 2.05) is 0 Å². The molecule has 1 aromatic heterocycles. The molecule has 3 aromatic rings. The fraction of sp³-hybridized carbons (Fsp3) is 0.158. The summed E-state index contributed by atoms with van der Waals surface area (Å²) in [4.78, 5) is 15.5. The van der Waals surface area contributed by atoms with E-state index in [2.05, 4.69) is 15.0 Å². The Kier molecular flexibility index (Phi) is 4.79. The predicted octanol–water partition coefficient (Wildman–Crippen LogP) is 4.71. The molecule has 0 saturated heterocycles. The largest absolute Gasteiger partial charge is 0.469 e. The van der Waals surface area contributed by atoms with E-state index in [4.69, 9.17) is 0 Å². The first-order chi connectivity index (χ1) is 12.4. The highest BCUT2D eigenvalue weighted by atomic mass is 19.4. The number of anilines is 2. The van der Waals surface area contributed by atoms with Gasteiger partial charge in [0.15, 0.2) is 0 Å². The SMILES string of the molecule is COC(=O)Cc1ccccc1Nc1ccnc2c(C(F)(F)F)cccc12. The molecule has 0 atom stereocenters. The Morgan fingerprint density at radius 1 is 1.08 bits per heavy atom. The van der Waals surface area contributed by atoms with E-state index in [1.54, 1.807) is 36.4 Å². The molecule has 0 aliphatic carbocycles. The number of para-hydroxylation sites is 2. The summed E-state index contributed by atoms with van der Waals surface area (Å²) in [7, 11) is 1.30. The molecule has 7 heteroatoms. The molecule has 0 bridgehead atoms. The average Bonchev–Trinajstić information content (AvgIpc) is 2.62. The van der Waals surface area contributed by atoms with Crippen LogP contribution in [-0.4, -0.2) is 18.1 Å². The van der Waals surface area contributed by atoms with Crippen LogP contribution in [0.5, 0.6) is 0 Å². The van der Waals surface area contributed by atoms with Crippen molar-refractivity contribution in [1.82, 2.24) is 4.98 Å². The summed E-state index contributed by atoms with van der Waals surface area (Å²) in [6.45, 7) is 0. The summed E-state index contributed by atoms with van der Waals surface area (Å²) in [6, 6.07) is 12.6. The minimum Gasteiger partial charge on any atom is -0.469 e. The number of esters is 1. The van der Waals surface area contributed by atoms with Crippen LogP contribution in [0.4, 0.5) is 24.5 Å². The molecule has 0 amide bonds. The molecule has 0 aliphatic rings. The molecule has 26 heavy (non-hydrogen) atoms. The predicted molar refractivity (Wildman–Crippen MR) is 92.2 cm³/mol. The van der Waals surface area contributed by atoms with Gasteiger partial charge in [0, 0.05) is 23.0 Å². The Bertz CT molecular complexity index is 955. The monoisotopic (exact) mass is 360 g/mol. The van der Waals surface area contributed by atoms with E-state index < -0.39 is 17.7 Å². The van der Waals surface area contributed by atoms with Gasteiger partial charge in [-0.25, -0.2) is 0 Å². The molecule has 0 spiro atoms. The van der Waals surface area contributed by atoms with Gasteiger partial charge in [0.2, 0.25) is 0 Å². The van der Waals surface area contributed by atoms with Crippen LogP contribution >= 0.6 is 0 Å². The molecule has 4 nitrogen and oxygen atoms in total. The molecule has 1 heterocycles. The van der Waals surface area contributed by atoms with Crippen LogP contribution < -0.4 is 5.32 Å². The Labute approximate surface area is 147 Å². The summed E-state index contributed by atoms with van der Waals surface area (Å²) in [5, 5.41) is 3.45. The number of ether oxygens (including phenoxy) is 1. The van der Waals surface area contributed by atoms with Crippen molar-refractivity contribution in [3.63, 3.8) is 0 Å². The van der Waals surface area contributed by atoms with Crippen molar-refractivity contribution in [2.24, 2.45) is 0 Å². The average molecular weight is 360 g/mol. The van der Waals surface area contributed by atoms with Crippen LogP contribution in [0, 0.1) is 0 Å². The lowest BCUT2D eigenvalue weighted by molar-refractivity contribution is -0.140. The molecular weight excluding hydrogens is 345 g/mol. The number of hydrogen-bond acceptors (Lipinski definition) is 4. The van der Waals surface area contributed by atoms with Crippen LogP contribution in [0.25, 0.3) is 10.9 Å². The van der Waals surface area contributed by atoms with Gasteiger partial charge in [-0.05, 0) is 23.8 Å². The van der Waals surface area contributed by atoms with Gasteiger partial charge in [-0.3, -0.25) is 9.78 Å². The number of aromatic nitrogens is 1. The highest BCUT2D eigenvalue weighted by Gasteiger charge is 2.33. The van der Waals surface area contributed by atoms with Gasteiger partial charge < -0.3 is 10.1 Å². The molecule has 0 radical (unpaired) electrons. The maximum atomic E-state index is 13.2. The van der Waals surface area contributed by atoms with Crippen molar-refractivity contribution in [2.75, 3.05) is 12.4 Å². The Hall–Kier alpha value is -3.09. The van der Waals surface area contributed by atoms with Gasteiger partial charge in [-0.2, -0.15) is 13.2 Å². The van der Waals surface area contributed by atoms with Gasteiger partial charge in [0.25, 0.3) is 0 Å². The van der Waals surface area contributed by atoms with Gasteiger partial charge in [0.1, 0.15) is 0 Å². The molecule has 0 unspecified atom stereocenters. The van der Waals surface area contributed by atoms with E-state index in [0.717, 1.165) is 6.07 Å². The number of methoxy groups -OCH3 is 1. The number of rotatable bonds is 4. The number of nitrogens with one attached hydrogen (secondary N) is 1. The van der Waals surface area contributed by atoms with E-state index in [-0.39, 0.29) is 11.9 Å². The maximum Gasteiger partial charge on any atom is 0.418 e. The van der Waals surface area contributed by atoms with Gasteiger partial charge >= 0.3 is 12.1 Å². The zero-order valence-electron chi connectivity index (χ0n) is 13.8. The number of pyridine rings is 1. The number of nitrogens with zero attached hydrogens (tertiary/aromatic N) is 1. The Morgan fingerprint density at radius 3 is 2.58 bits per heavy atom. The molecule has 0 aliphatic heterocycles. The first kappa shape index (κ1) is 17.7. The summed E-state index contributed by atoms with van der Waals surface area (Å²) < 4.78 is 44.3. The third-order valence-electron chi connectivity index (χ3n) is 3.93. The first-order valence-electron chi connectivity index (χ1n) is 7.77. The van der Waals surface area contributed by atoms with Crippen LogP contribution in [0.15, 0.2) is 54.7 Å². The van der Waals surface area contributed by atoms with E-state index in [9.17, 15) is 18.0 Å². The quantitative estimate of drug-likeness (QED) is 0.685. The lowest BCUT2D eigenvalue weighted by atomic mass is 10.1. The summed E-state index contributed by atoms with van der Waals surface area (Å²) in [5.41, 5.74) is 0.842. The topological polar surface area (TPSA) is 51.2 Å². The summed E-state index contributed by atoms with van der Waals surface area (Å²) in [6.07, 6.45) is -3.12. The minimum atomic E-state index is -4.49. The summed E-state index contributed by atoms with van der Waals surface area (Å²) in [5.74, 6) is -0.404. The van der Waals surface area contributed by atoms with Crippen molar-refractivity contribution in [3.8, 4) is 0 Å². The Balaban J connectivity index is 2.05. The number of carbonyl (C=O) groups is 1. The van der Waals surface area contributed by atoms with Crippen molar-refractivity contribution in [3.05, 3.63) is 65.9 Å². The molecule has 3 rings (SSSR count). The maximum absolute atomic E-state index is 13.2. The Morgan fingerprint density at radius 2 is 1.85 bits per heavy atom. The third kappa shape index (κ3) is 3.61. The lowest BCUT2D eigenvalue weighted by Crippen LogP contribution is -2.08. The van der Waals surface area contributed by atoms with E-state index >= 15 is 0 Å². The zero-order chi connectivity index (χ0) is 18.7. The van der Waals surface area contributed by atoms with Crippen LogP contribution in [0.3, 0.4) is 0 Å². The van der Waals surface area contributed by atoms with Crippen LogP contribution in [0.2, 0.25) is 0 Å². The zero-order valence-corrected chi connectivity index (χ0v) is 13.8. The van der Waals surface area contributed by atoms with Crippen LogP contribution in [0.1, 0.15) is 11.1 Å². The molecule has 1 N–H and O–H groups in total. The van der Waals surface area contributed by atoms with Crippen molar-refractivity contribution >= 4 is 28.2 Å². The summed E-state index contributed by atoms with van der Waals surface area (Å²) >= 11 is 0. The third-order valence-corrected chi connectivity index (χ3v) is 3.93. The standard InChI is InChI=1S/C19H15F3N2O2/c1-26-17(25)11-12-5-2-3-8-15(12)24-16-9-10-23-18-13(16)6-4-7-14(18)19(20,21)22/h2-10H,11H2,1H3,(H,23,24). The van der Waals surface area contributed by atoms with Crippen molar-refractivity contribution < 1.29 is 22.7 Å².